The first-order valence-corrected chi connectivity index (χ1v) is 9.16. The summed E-state index contributed by atoms with van der Waals surface area (Å²) in [5.74, 6) is 2.10. The van der Waals surface area contributed by atoms with Crippen molar-refractivity contribution in [2.24, 2.45) is 28.6 Å². The van der Waals surface area contributed by atoms with Gasteiger partial charge in [0.1, 0.15) is 6.29 Å². The topological polar surface area (TPSA) is 34.1 Å². The van der Waals surface area contributed by atoms with Crippen molar-refractivity contribution in [3.63, 3.8) is 0 Å². The second-order valence-electron chi connectivity index (χ2n) is 8.90. The van der Waals surface area contributed by atoms with Gasteiger partial charge >= 0.3 is 0 Å². The van der Waals surface area contributed by atoms with Crippen molar-refractivity contribution >= 4 is 12.1 Å². The van der Waals surface area contributed by atoms with E-state index in [1.807, 2.05) is 6.08 Å². The number of carbonyl (C=O) groups excluding carboxylic acids is 2. The summed E-state index contributed by atoms with van der Waals surface area (Å²) in [5, 5.41) is 0. The van der Waals surface area contributed by atoms with Crippen molar-refractivity contribution in [1.29, 1.82) is 0 Å². The van der Waals surface area contributed by atoms with Gasteiger partial charge < -0.3 is 4.79 Å². The van der Waals surface area contributed by atoms with Crippen LogP contribution in [-0.2, 0) is 9.59 Å². The molecule has 0 aromatic heterocycles. The van der Waals surface area contributed by atoms with Crippen molar-refractivity contribution in [3.8, 4) is 0 Å². The molecule has 0 aromatic carbocycles. The minimum atomic E-state index is 0.115. The van der Waals surface area contributed by atoms with Gasteiger partial charge in [-0.25, -0.2) is 0 Å². The van der Waals surface area contributed by atoms with E-state index < -0.39 is 0 Å². The highest BCUT2D eigenvalue weighted by molar-refractivity contribution is 5.92. The minimum Gasteiger partial charge on any atom is -0.303 e. The van der Waals surface area contributed by atoms with Crippen LogP contribution in [0.15, 0.2) is 23.8 Å². The largest absolute Gasteiger partial charge is 0.303 e. The summed E-state index contributed by atoms with van der Waals surface area (Å²) in [5.41, 5.74) is 2.83. The maximum Gasteiger partial charge on any atom is 0.156 e. The average Bonchev–Trinajstić information content (AvgIpc) is 2.48. The lowest BCUT2D eigenvalue weighted by molar-refractivity contribution is -0.117. The normalized spacial score (nSPS) is 39.3. The van der Waals surface area contributed by atoms with Crippen LogP contribution >= 0.6 is 0 Å². The van der Waals surface area contributed by atoms with Crippen molar-refractivity contribution in [2.75, 3.05) is 0 Å². The molecule has 0 spiro atoms. The lowest BCUT2D eigenvalue weighted by atomic mass is 9.46. The fourth-order valence-electron chi connectivity index (χ4n) is 5.92. The first-order chi connectivity index (χ1) is 10.8. The minimum absolute atomic E-state index is 0.115. The molecule has 2 nitrogen and oxygen atoms in total. The van der Waals surface area contributed by atoms with Crippen LogP contribution in [0.4, 0.5) is 0 Å². The summed E-state index contributed by atoms with van der Waals surface area (Å²) in [6.07, 6.45) is 9.75. The number of hydrogen-bond acceptors (Lipinski definition) is 2. The molecule has 0 heterocycles. The molecule has 0 amide bonds. The molecule has 3 aliphatic carbocycles. The number of ketones is 1. The van der Waals surface area contributed by atoms with E-state index in [0.29, 0.717) is 36.0 Å². The molecular weight excluding hydrogens is 284 g/mol. The molecular formula is C21H30O2. The third kappa shape index (κ3) is 2.64. The zero-order valence-corrected chi connectivity index (χ0v) is 14.9. The van der Waals surface area contributed by atoms with Crippen molar-refractivity contribution in [1.82, 2.24) is 0 Å². The van der Waals surface area contributed by atoms with E-state index in [9.17, 15) is 9.59 Å². The van der Waals surface area contributed by atoms with Gasteiger partial charge in [-0.1, -0.05) is 32.9 Å². The molecule has 0 radical (unpaired) electrons. The molecule has 0 N–H and O–H groups in total. The van der Waals surface area contributed by atoms with Crippen LogP contribution in [0.2, 0.25) is 0 Å². The molecule has 0 aliphatic heterocycles. The van der Waals surface area contributed by atoms with E-state index in [0.717, 1.165) is 25.5 Å². The van der Waals surface area contributed by atoms with E-state index in [2.05, 4.69) is 27.4 Å². The molecule has 0 aromatic rings. The predicted octanol–water partition coefficient (Wildman–Crippen LogP) is 4.89. The third-order valence-electron chi connectivity index (χ3n) is 7.23. The fourth-order valence-corrected chi connectivity index (χ4v) is 5.92. The summed E-state index contributed by atoms with van der Waals surface area (Å²) in [6, 6.07) is 0. The lowest BCUT2D eigenvalue weighted by Crippen LogP contribution is -2.50. The highest BCUT2D eigenvalue weighted by atomic mass is 16.1. The van der Waals surface area contributed by atoms with E-state index in [1.54, 1.807) is 0 Å². The summed E-state index contributed by atoms with van der Waals surface area (Å²) >= 11 is 0. The van der Waals surface area contributed by atoms with Crippen LogP contribution < -0.4 is 0 Å². The van der Waals surface area contributed by atoms with Gasteiger partial charge in [-0.3, -0.25) is 4.79 Å². The number of aldehydes is 1. The highest BCUT2D eigenvalue weighted by Gasteiger charge is 2.54. The first-order valence-electron chi connectivity index (χ1n) is 9.16. The Morgan fingerprint density at radius 1 is 1.30 bits per heavy atom. The maximum atomic E-state index is 11.9. The molecule has 126 valence electrons. The maximum absolute atomic E-state index is 11.9. The highest BCUT2D eigenvalue weighted by Crippen LogP contribution is 2.63. The number of rotatable bonds is 3. The zero-order chi connectivity index (χ0) is 16.8. The SMILES string of the molecule is C=C1CC2C(CCC=O)C(C)(C)CCC2[C@@]2(C)CCC(=O)C=C12. The Balaban J connectivity index is 1.98. The van der Waals surface area contributed by atoms with Crippen LogP contribution in [0.1, 0.15) is 65.7 Å². The van der Waals surface area contributed by atoms with Gasteiger partial charge in [-0.15, -0.1) is 0 Å². The van der Waals surface area contributed by atoms with Crippen LogP contribution in [0.3, 0.4) is 0 Å². The van der Waals surface area contributed by atoms with Crippen LogP contribution in [-0.4, -0.2) is 12.1 Å². The van der Waals surface area contributed by atoms with E-state index in [-0.39, 0.29) is 11.2 Å². The lowest BCUT2D eigenvalue weighted by Gasteiger charge is -2.58. The molecule has 3 rings (SSSR count). The standard InChI is InChI=1S/C21H30O2/c1-14-12-16-17(6-5-11-22)20(2,3)9-8-18(16)21(4)10-7-15(23)13-19(14)21/h11,13,16-18H,1,5-10,12H2,2-4H3/t16?,17?,18?,21-/m1/s1. The molecule has 2 heteroatoms. The Hall–Kier alpha value is -1.18. The number of fused-ring (bicyclic) bond motifs is 3. The van der Waals surface area contributed by atoms with Crippen LogP contribution in [0.5, 0.6) is 0 Å². The quantitative estimate of drug-likeness (QED) is 0.695. The average molecular weight is 314 g/mol. The number of hydrogen-bond donors (Lipinski definition) is 0. The molecule has 2 saturated carbocycles. The summed E-state index contributed by atoms with van der Waals surface area (Å²) in [4.78, 5) is 22.9. The Morgan fingerprint density at radius 2 is 2.04 bits per heavy atom. The van der Waals surface area contributed by atoms with Gasteiger partial charge in [0.2, 0.25) is 0 Å². The molecule has 3 unspecified atom stereocenters. The van der Waals surface area contributed by atoms with Gasteiger partial charge in [0.15, 0.2) is 5.78 Å². The first kappa shape index (κ1) is 16.7. The zero-order valence-electron chi connectivity index (χ0n) is 14.9. The van der Waals surface area contributed by atoms with Crippen molar-refractivity contribution in [3.05, 3.63) is 23.8 Å². The van der Waals surface area contributed by atoms with Gasteiger partial charge in [0.05, 0.1) is 0 Å². The van der Waals surface area contributed by atoms with Crippen LogP contribution in [0.25, 0.3) is 0 Å². The second kappa shape index (κ2) is 5.72. The van der Waals surface area contributed by atoms with E-state index in [1.165, 1.54) is 24.0 Å². The molecule has 23 heavy (non-hydrogen) atoms. The monoisotopic (exact) mass is 314 g/mol. The van der Waals surface area contributed by atoms with Gasteiger partial charge in [-0.05, 0) is 72.3 Å². The number of allylic oxidation sites excluding steroid dienone is 3. The van der Waals surface area contributed by atoms with Crippen molar-refractivity contribution < 1.29 is 9.59 Å². The van der Waals surface area contributed by atoms with E-state index >= 15 is 0 Å². The molecule has 0 saturated heterocycles. The second-order valence-corrected chi connectivity index (χ2v) is 8.90. The number of carbonyl (C=O) groups is 2. The van der Waals surface area contributed by atoms with E-state index in [4.69, 9.17) is 0 Å². The molecule has 2 fully saturated rings. The van der Waals surface area contributed by atoms with Crippen LogP contribution in [0, 0.1) is 28.6 Å². The predicted molar refractivity (Wildman–Crippen MR) is 93.0 cm³/mol. The Morgan fingerprint density at radius 3 is 2.74 bits per heavy atom. The van der Waals surface area contributed by atoms with Gasteiger partial charge in [-0.2, -0.15) is 0 Å². The Bertz CT molecular complexity index is 568. The molecule has 3 aliphatic rings. The Labute approximate surface area is 140 Å². The third-order valence-corrected chi connectivity index (χ3v) is 7.23. The summed E-state index contributed by atoms with van der Waals surface area (Å²) in [6.45, 7) is 11.5. The smallest absolute Gasteiger partial charge is 0.156 e. The Kier molecular flexibility index (Phi) is 4.14. The summed E-state index contributed by atoms with van der Waals surface area (Å²) in [7, 11) is 0. The van der Waals surface area contributed by atoms with Gasteiger partial charge in [0, 0.05) is 12.8 Å². The fraction of sp³-hybridized carbons (Fsp3) is 0.714. The van der Waals surface area contributed by atoms with Crippen molar-refractivity contribution in [2.45, 2.75) is 65.7 Å². The molecule has 0 bridgehead atoms. The summed E-state index contributed by atoms with van der Waals surface area (Å²) < 4.78 is 0. The molecule has 4 atom stereocenters. The van der Waals surface area contributed by atoms with Gasteiger partial charge in [0.25, 0.3) is 0 Å².